The number of aromatic amines is 1. The quantitative estimate of drug-likeness (QED) is 0.821. The van der Waals surface area contributed by atoms with Crippen LogP contribution in [0.3, 0.4) is 0 Å². The van der Waals surface area contributed by atoms with Crippen molar-refractivity contribution in [3.05, 3.63) is 35.8 Å². The van der Waals surface area contributed by atoms with Crippen LogP contribution < -0.4 is 0 Å². The highest BCUT2D eigenvalue weighted by Gasteiger charge is 2.29. The minimum Gasteiger partial charge on any atom is -0.392 e. The SMILES string of the molecule is OCc1c(-c2ccncc2)n[nH]c1C1CC1. The van der Waals surface area contributed by atoms with Crippen molar-refractivity contribution < 1.29 is 5.11 Å². The smallest absolute Gasteiger partial charge is 0.0979 e. The molecule has 2 aromatic rings. The number of aliphatic hydroxyl groups is 1. The van der Waals surface area contributed by atoms with Crippen molar-refractivity contribution in [1.29, 1.82) is 0 Å². The van der Waals surface area contributed by atoms with Gasteiger partial charge in [-0.2, -0.15) is 5.10 Å². The van der Waals surface area contributed by atoms with E-state index >= 15 is 0 Å². The van der Waals surface area contributed by atoms with Crippen LogP contribution in [0.25, 0.3) is 11.3 Å². The minimum absolute atomic E-state index is 0.0417. The lowest BCUT2D eigenvalue weighted by atomic mass is 10.1. The zero-order valence-electron chi connectivity index (χ0n) is 8.85. The number of pyridine rings is 1. The second-order valence-corrected chi connectivity index (χ2v) is 4.13. The topological polar surface area (TPSA) is 61.8 Å². The van der Waals surface area contributed by atoms with Crippen molar-refractivity contribution in [3.8, 4) is 11.3 Å². The third-order valence-electron chi connectivity index (χ3n) is 3.00. The molecule has 0 amide bonds. The molecule has 0 saturated heterocycles. The van der Waals surface area contributed by atoms with E-state index in [4.69, 9.17) is 0 Å². The van der Waals surface area contributed by atoms with Crippen LogP contribution in [0.4, 0.5) is 0 Å². The van der Waals surface area contributed by atoms with Gasteiger partial charge in [-0.1, -0.05) is 0 Å². The Morgan fingerprint density at radius 3 is 2.69 bits per heavy atom. The maximum Gasteiger partial charge on any atom is 0.0979 e. The van der Waals surface area contributed by atoms with Gasteiger partial charge in [-0.15, -0.1) is 0 Å². The summed E-state index contributed by atoms with van der Waals surface area (Å²) >= 11 is 0. The monoisotopic (exact) mass is 215 g/mol. The summed E-state index contributed by atoms with van der Waals surface area (Å²) in [5, 5.41) is 16.8. The zero-order valence-corrected chi connectivity index (χ0v) is 8.85. The van der Waals surface area contributed by atoms with Gasteiger partial charge < -0.3 is 5.11 Å². The summed E-state index contributed by atoms with van der Waals surface area (Å²) in [6.45, 7) is 0.0417. The molecule has 0 aliphatic heterocycles. The highest BCUT2D eigenvalue weighted by atomic mass is 16.3. The molecule has 4 heteroatoms. The lowest BCUT2D eigenvalue weighted by molar-refractivity contribution is 0.281. The Balaban J connectivity index is 2.07. The van der Waals surface area contributed by atoms with E-state index in [1.54, 1.807) is 12.4 Å². The maximum atomic E-state index is 9.45. The fraction of sp³-hybridized carbons (Fsp3) is 0.333. The molecule has 0 atom stereocenters. The van der Waals surface area contributed by atoms with E-state index in [-0.39, 0.29) is 6.61 Å². The summed E-state index contributed by atoms with van der Waals surface area (Å²) < 4.78 is 0. The highest BCUT2D eigenvalue weighted by Crippen LogP contribution is 2.42. The minimum atomic E-state index is 0.0417. The van der Waals surface area contributed by atoms with E-state index in [2.05, 4.69) is 15.2 Å². The van der Waals surface area contributed by atoms with E-state index in [1.807, 2.05) is 12.1 Å². The molecule has 4 nitrogen and oxygen atoms in total. The predicted octanol–water partition coefficient (Wildman–Crippen LogP) is 1.84. The Bertz CT molecular complexity index is 488. The van der Waals surface area contributed by atoms with Gasteiger partial charge in [0.2, 0.25) is 0 Å². The summed E-state index contributed by atoms with van der Waals surface area (Å²) in [5.74, 6) is 0.574. The molecule has 0 bridgehead atoms. The van der Waals surface area contributed by atoms with Gasteiger partial charge in [-0.05, 0) is 25.0 Å². The molecule has 1 saturated carbocycles. The van der Waals surface area contributed by atoms with Crippen molar-refractivity contribution in [3.63, 3.8) is 0 Å². The third kappa shape index (κ3) is 1.51. The standard InChI is InChI=1S/C12H13N3O/c16-7-10-11(8-1-2-8)14-15-12(10)9-3-5-13-6-4-9/h3-6,8,16H,1-2,7H2,(H,14,15). The zero-order chi connectivity index (χ0) is 11.0. The van der Waals surface area contributed by atoms with Crippen molar-refractivity contribution in [2.75, 3.05) is 0 Å². The molecule has 2 heterocycles. The molecule has 82 valence electrons. The molecule has 0 aromatic carbocycles. The molecule has 1 aliphatic rings. The fourth-order valence-corrected chi connectivity index (χ4v) is 2.00. The van der Waals surface area contributed by atoms with E-state index in [0.717, 1.165) is 22.5 Å². The molecule has 1 fully saturated rings. The van der Waals surface area contributed by atoms with Crippen LogP contribution >= 0.6 is 0 Å². The van der Waals surface area contributed by atoms with Crippen molar-refractivity contribution in [1.82, 2.24) is 15.2 Å². The van der Waals surface area contributed by atoms with Crippen molar-refractivity contribution in [2.45, 2.75) is 25.4 Å². The normalized spacial score (nSPS) is 15.3. The van der Waals surface area contributed by atoms with Crippen molar-refractivity contribution in [2.24, 2.45) is 0 Å². The Hall–Kier alpha value is -1.68. The summed E-state index contributed by atoms with van der Waals surface area (Å²) in [7, 11) is 0. The average Bonchev–Trinajstić information content (AvgIpc) is 3.09. The first kappa shape index (κ1) is 9.54. The van der Waals surface area contributed by atoms with Crippen LogP contribution in [0.5, 0.6) is 0 Å². The average molecular weight is 215 g/mol. The maximum absolute atomic E-state index is 9.45. The first-order valence-electron chi connectivity index (χ1n) is 5.48. The molecule has 2 aromatic heterocycles. The predicted molar refractivity (Wildman–Crippen MR) is 59.7 cm³/mol. The first-order chi connectivity index (χ1) is 7.90. The van der Waals surface area contributed by atoms with Crippen LogP contribution in [-0.2, 0) is 6.61 Å². The lowest BCUT2D eigenvalue weighted by Gasteiger charge is -2.01. The van der Waals surface area contributed by atoms with Crippen LogP contribution in [0.15, 0.2) is 24.5 Å². The van der Waals surface area contributed by atoms with Gasteiger partial charge in [0, 0.05) is 35.1 Å². The van der Waals surface area contributed by atoms with Crippen LogP contribution in [0.2, 0.25) is 0 Å². The Morgan fingerprint density at radius 1 is 1.31 bits per heavy atom. The number of aromatic nitrogens is 3. The summed E-state index contributed by atoms with van der Waals surface area (Å²) in [5.41, 5.74) is 3.90. The number of hydrogen-bond acceptors (Lipinski definition) is 3. The largest absolute Gasteiger partial charge is 0.392 e. The number of aliphatic hydroxyl groups excluding tert-OH is 1. The summed E-state index contributed by atoms with van der Waals surface area (Å²) in [6.07, 6.45) is 5.87. The molecule has 1 aliphatic carbocycles. The van der Waals surface area contributed by atoms with Gasteiger partial charge in [0.1, 0.15) is 0 Å². The summed E-state index contributed by atoms with van der Waals surface area (Å²) in [6, 6.07) is 3.82. The molecule has 0 radical (unpaired) electrons. The van der Waals surface area contributed by atoms with E-state index in [1.165, 1.54) is 12.8 Å². The first-order valence-corrected chi connectivity index (χ1v) is 5.48. The molecule has 2 N–H and O–H groups in total. The number of nitrogens with zero attached hydrogens (tertiary/aromatic N) is 2. The van der Waals surface area contributed by atoms with Gasteiger partial charge >= 0.3 is 0 Å². The molecular weight excluding hydrogens is 202 g/mol. The van der Waals surface area contributed by atoms with Gasteiger partial charge in [0.15, 0.2) is 0 Å². The Kier molecular flexibility index (Phi) is 2.22. The molecule has 0 unspecified atom stereocenters. The van der Waals surface area contributed by atoms with Gasteiger partial charge in [-0.25, -0.2) is 0 Å². The van der Waals surface area contributed by atoms with E-state index in [0.29, 0.717) is 5.92 Å². The molecule has 3 rings (SSSR count). The fourth-order valence-electron chi connectivity index (χ4n) is 2.00. The molecule has 0 spiro atoms. The van der Waals surface area contributed by atoms with E-state index in [9.17, 15) is 5.11 Å². The van der Waals surface area contributed by atoms with E-state index < -0.39 is 0 Å². The Morgan fingerprint density at radius 2 is 2.06 bits per heavy atom. The second-order valence-electron chi connectivity index (χ2n) is 4.13. The number of hydrogen-bond donors (Lipinski definition) is 2. The second kappa shape index (κ2) is 3.72. The molecular formula is C12H13N3O. The lowest BCUT2D eigenvalue weighted by Crippen LogP contribution is -1.91. The van der Waals surface area contributed by atoms with Crippen molar-refractivity contribution >= 4 is 0 Å². The molecule has 16 heavy (non-hydrogen) atoms. The van der Waals surface area contributed by atoms with Gasteiger partial charge in [0.05, 0.1) is 12.3 Å². The van der Waals surface area contributed by atoms with Crippen LogP contribution in [-0.4, -0.2) is 20.3 Å². The highest BCUT2D eigenvalue weighted by molar-refractivity contribution is 5.63. The van der Waals surface area contributed by atoms with Crippen LogP contribution in [0.1, 0.15) is 30.0 Å². The summed E-state index contributed by atoms with van der Waals surface area (Å²) in [4.78, 5) is 3.98. The van der Waals surface area contributed by atoms with Gasteiger partial charge in [-0.3, -0.25) is 10.1 Å². The number of H-pyrrole nitrogens is 1. The third-order valence-corrected chi connectivity index (χ3v) is 3.00. The van der Waals surface area contributed by atoms with Crippen LogP contribution in [0, 0.1) is 0 Å². The number of rotatable bonds is 3. The van der Waals surface area contributed by atoms with Gasteiger partial charge in [0.25, 0.3) is 0 Å². The Labute approximate surface area is 93.4 Å². The number of nitrogens with one attached hydrogen (secondary N) is 1.